The smallest absolute Gasteiger partial charge is 0.253 e. The van der Waals surface area contributed by atoms with Crippen LogP contribution in [0, 0.1) is 6.92 Å². The van der Waals surface area contributed by atoms with Gasteiger partial charge in [0.1, 0.15) is 5.82 Å². The molecule has 0 aliphatic carbocycles. The van der Waals surface area contributed by atoms with Crippen molar-refractivity contribution in [1.29, 1.82) is 0 Å². The van der Waals surface area contributed by atoms with Gasteiger partial charge in [0.15, 0.2) is 0 Å². The van der Waals surface area contributed by atoms with Gasteiger partial charge in [0.2, 0.25) is 0 Å². The summed E-state index contributed by atoms with van der Waals surface area (Å²) >= 11 is 0. The van der Waals surface area contributed by atoms with E-state index < -0.39 is 0 Å². The standard InChI is InChI=1S/C14H16N4O/c1-10-3-2-4-11(7-10)8-17-14(19)12-5-6-13(18-15)16-9-12/h2-7,9H,8,15H2,1H3,(H,16,18)(H,17,19). The lowest BCUT2D eigenvalue weighted by molar-refractivity contribution is 0.0950. The lowest BCUT2D eigenvalue weighted by atomic mass is 10.1. The van der Waals surface area contributed by atoms with Gasteiger partial charge in [0.05, 0.1) is 5.56 Å². The van der Waals surface area contributed by atoms with E-state index in [0.717, 1.165) is 5.56 Å². The minimum atomic E-state index is -0.155. The van der Waals surface area contributed by atoms with Crippen molar-refractivity contribution in [3.05, 3.63) is 59.3 Å². The van der Waals surface area contributed by atoms with E-state index in [-0.39, 0.29) is 5.91 Å². The lowest BCUT2D eigenvalue weighted by Gasteiger charge is -2.06. The van der Waals surface area contributed by atoms with Gasteiger partial charge in [0.25, 0.3) is 5.91 Å². The first kappa shape index (κ1) is 13.0. The highest BCUT2D eigenvalue weighted by Gasteiger charge is 2.05. The molecule has 0 aliphatic rings. The van der Waals surface area contributed by atoms with Gasteiger partial charge in [-0.25, -0.2) is 10.8 Å². The van der Waals surface area contributed by atoms with Gasteiger partial charge in [-0.05, 0) is 24.6 Å². The molecule has 5 nitrogen and oxygen atoms in total. The Morgan fingerprint density at radius 2 is 2.16 bits per heavy atom. The summed E-state index contributed by atoms with van der Waals surface area (Å²) in [6.07, 6.45) is 1.49. The summed E-state index contributed by atoms with van der Waals surface area (Å²) in [5.41, 5.74) is 5.16. The largest absolute Gasteiger partial charge is 0.348 e. The molecule has 19 heavy (non-hydrogen) atoms. The first-order chi connectivity index (χ1) is 9.19. The maximum absolute atomic E-state index is 11.9. The Kier molecular flexibility index (Phi) is 4.10. The van der Waals surface area contributed by atoms with E-state index in [2.05, 4.69) is 15.7 Å². The fourth-order valence-corrected chi connectivity index (χ4v) is 1.72. The topological polar surface area (TPSA) is 80.0 Å². The minimum Gasteiger partial charge on any atom is -0.348 e. The number of benzene rings is 1. The van der Waals surface area contributed by atoms with Crippen LogP contribution in [0.5, 0.6) is 0 Å². The van der Waals surface area contributed by atoms with Crippen molar-refractivity contribution in [3.8, 4) is 0 Å². The van der Waals surface area contributed by atoms with E-state index in [1.54, 1.807) is 12.1 Å². The predicted molar refractivity (Wildman–Crippen MR) is 74.4 cm³/mol. The zero-order valence-corrected chi connectivity index (χ0v) is 10.7. The Morgan fingerprint density at radius 1 is 1.32 bits per heavy atom. The lowest BCUT2D eigenvalue weighted by Crippen LogP contribution is -2.23. The number of nitrogens with zero attached hydrogens (tertiary/aromatic N) is 1. The van der Waals surface area contributed by atoms with Crippen LogP contribution in [-0.2, 0) is 6.54 Å². The Bertz CT molecular complexity index is 566. The molecule has 0 bridgehead atoms. The first-order valence-electron chi connectivity index (χ1n) is 5.95. The molecule has 1 aromatic heterocycles. The third-order valence-electron chi connectivity index (χ3n) is 2.71. The SMILES string of the molecule is Cc1cccc(CNC(=O)c2ccc(NN)nc2)c1. The van der Waals surface area contributed by atoms with Crippen LogP contribution in [0.4, 0.5) is 5.82 Å². The number of nitrogens with two attached hydrogens (primary N) is 1. The monoisotopic (exact) mass is 256 g/mol. The van der Waals surface area contributed by atoms with Gasteiger partial charge in [-0.15, -0.1) is 0 Å². The highest BCUT2D eigenvalue weighted by Crippen LogP contribution is 2.06. The summed E-state index contributed by atoms with van der Waals surface area (Å²) in [4.78, 5) is 15.9. The van der Waals surface area contributed by atoms with Crippen LogP contribution < -0.4 is 16.6 Å². The molecule has 0 aliphatic heterocycles. The number of nitrogen functional groups attached to an aromatic ring is 1. The van der Waals surface area contributed by atoms with Gasteiger partial charge in [-0.2, -0.15) is 0 Å². The summed E-state index contributed by atoms with van der Waals surface area (Å²) in [7, 11) is 0. The molecule has 1 amide bonds. The van der Waals surface area contributed by atoms with Gasteiger partial charge in [0, 0.05) is 12.7 Å². The quantitative estimate of drug-likeness (QED) is 0.573. The summed E-state index contributed by atoms with van der Waals surface area (Å²) in [5, 5.41) is 2.85. The molecule has 1 heterocycles. The van der Waals surface area contributed by atoms with Crippen molar-refractivity contribution in [3.63, 3.8) is 0 Å². The Morgan fingerprint density at radius 3 is 2.79 bits per heavy atom. The normalized spacial score (nSPS) is 10.0. The zero-order chi connectivity index (χ0) is 13.7. The van der Waals surface area contributed by atoms with Crippen molar-refractivity contribution in [2.45, 2.75) is 13.5 Å². The molecular formula is C14H16N4O. The number of rotatable bonds is 4. The van der Waals surface area contributed by atoms with Crippen molar-refractivity contribution >= 4 is 11.7 Å². The number of carbonyl (C=O) groups is 1. The molecule has 0 atom stereocenters. The fourth-order valence-electron chi connectivity index (χ4n) is 1.72. The molecule has 0 saturated heterocycles. The molecule has 0 saturated carbocycles. The second kappa shape index (κ2) is 5.97. The van der Waals surface area contributed by atoms with Crippen LogP contribution >= 0.6 is 0 Å². The molecule has 0 spiro atoms. The van der Waals surface area contributed by atoms with Gasteiger partial charge >= 0.3 is 0 Å². The number of amides is 1. The van der Waals surface area contributed by atoms with Crippen molar-refractivity contribution in [1.82, 2.24) is 10.3 Å². The van der Waals surface area contributed by atoms with E-state index in [1.807, 2.05) is 31.2 Å². The van der Waals surface area contributed by atoms with E-state index in [0.29, 0.717) is 17.9 Å². The summed E-state index contributed by atoms with van der Waals surface area (Å²) in [6.45, 7) is 2.52. The van der Waals surface area contributed by atoms with Gasteiger partial charge in [-0.3, -0.25) is 4.79 Å². The maximum atomic E-state index is 11.9. The van der Waals surface area contributed by atoms with Crippen LogP contribution in [0.25, 0.3) is 0 Å². The Hall–Kier alpha value is -2.40. The van der Waals surface area contributed by atoms with E-state index in [9.17, 15) is 4.79 Å². The van der Waals surface area contributed by atoms with Crippen molar-refractivity contribution in [2.24, 2.45) is 5.84 Å². The number of aryl methyl sites for hydroxylation is 1. The highest BCUT2D eigenvalue weighted by molar-refractivity contribution is 5.93. The first-order valence-corrected chi connectivity index (χ1v) is 5.95. The number of hydrogen-bond acceptors (Lipinski definition) is 4. The van der Waals surface area contributed by atoms with Crippen LogP contribution in [0.15, 0.2) is 42.6 Å². The number of carbonyl (C=O) groups excluding carboxylic acids is 1. The van der Waals surface area contributed by atoms with Crippen molar-refractivity contribution < 1.29 is 4.79 Å². The number of hydrogen-bond donors (Lipinski definition) is 3. The average Bonchev–Trinajstić information content (AvgIpc) is 2.45. The second-order valence-electron chi connectivity index (χ2n) is 4.25. The van der Waals surface area contributed by atoms with Gasteiger partial charge in [-0.1, -0.05) is 29.8 Å². The molecule has 0 fully saturated rings. The van der Waals surface area contributed by atoms with E-state index >= 15 is 0 Å². The molecule has 0 radical (unpaired) electrons. The number of nitrogens with one attached hydrogen (secondary N) is 2. The summed E-state index contributed by atoms with van der Waals surface area (Å²) in [6, 6.07) is 11.3. The van der Waals surface area contributed by atoms with Crippen LogP contribution in [0.1, 0.15) is 21.5 Å². The van der Waals surface area contributed by atoms with Crippen LogP contribution in [0.3, 0.4) is 0 Å². The molecular weight excluding hydrogens is 240 g/mol. The van der Waals surface area contributed by atoms with Crippen molar-refractivity contribution in [2.75, 3.05) is 5.43 Å². The van der Waals surface area contributed by atoms with Crippen LogP contribution in [0.2, 0.25) is 0 Å². The second-order valence-corrected chi connectivity index (χ2v) is 4.25. The maximum Gasteiger partial charge on any atom is 0.253 e. The molecule has 98 valence electrons. The number of pyridine rings is 1. The Labute approximate surface area is 111 Å². The number of aromatic nitrogens is 1. The number of anilines is 1. The van der Waals surface area contributed by atoms with Gasteiger partial charge < -0.3 is 10.7 Å². The van der Waals surface area contributed by atoms with Crippen LogP contribution in [-0.4, -0.2) is 10.9 Å². The third-order valence-corrected chi connectivity index (χ3v) is 2.71. The summed E-state index contributed by atoms with van der Waals surface area (Å²) in [5.74, 6) is 5.58. The average molecular weight is 256 g/mol. The zero-order valence-electron chi connectivity index (χ0n) is 10.7. The number of hydrazine groups is 1. The third kappa shape index (κ3) is 3.53. The van der Waals surface area contributed by atoms with E-state index in [1.165, 1.54) is 11.8 Å². The molecule has 2 aromatic rings. The molecule has 1 aromatic carbocycles. The van der Waals surface area contributed by atoms with E-state index in [4.69, 9.17) is 5.84 Å². The predicted octanol–water partition coefficient (Wildman–Crippen LogP) is 1.61. The molecule has 5 heteroatoms. The molecule has 0 unspecified atom stereocenters. The fraction of sp³-hybridized carbons (Fsp3) is 0.143. The minimum absolute atomic E-state index is 0.155. The Balaban J connectivity index is 1.97. The summed E-state index contributed by atoms with van der Waals surface area (Å²) < 4.78 is 0. The molecule has 2 rings (SSSR count). The highest BCUT2D eigenvalue weighted by atomic mass is 16.1. The molecule has 4 N–H and O–H groups in total.